The third-order valence-electron chi connectivity index (χ3n) is 2.82. The SMILES string of the molecule is Nc1nc2nc([C@H]3OC[C@H](O)[C@@H]3O)[nH]c2c(=O)[nH]1. The average molecular weight is 253 g/mol. The van der Waals surface area contributed by atoms with Crippen LogP contribution < -0.4 is 11.3 Å². The Morgan fingerprint density at radius 1 is 1.33 bits per heavy atom. The van der Waals surface area contributed by atoms with Crippen LogP contribution >= 0.6 is 0 Å². The highest BCUT2D eigenvalue weighted by atomic mass is 16.5. The number of imidazole rings is 1. The van der Waals surface area contributed by atoms with Crippen LogP contribution in [-0.2, 0) is 4.74 Å². The summed E-state index contributed by atoms with van der Waals surface area (Å²) in [6.07, 6.45) is -2.88. The van der Waals surface area contributed by atoms with Crippen molar-refractivity contribution in [3.05, 3.63) is 16.2 Å². The van der Waals surface area contributed by atoms with Gasteiger partial charge in [0, 0.05) is 0 Å². The quantitative estimate of drug-likeness (QED) is 0.395. The summed E-state index contributed by atoms with van der Waals surface area (Å²) in [5.74, 6) is 0.191. The van der Waals surface area contributed by atoms with Crippen molar-refractivity contribution in [3.8, 4) is 0 Å². The molecule has 3 heterocycles. The maximum absolute atomic E-state index is 11.6. The van der Waals surface area contributed by atoms with E-state index in [1.807, 2.05) is 0 Å². The van der Waals surface area contributed by atoms with Gasteiger partial charge in [-0.2, -0.15) is 4.98 Å². The van der Waals surface area contributed by atoms with Crippen LogP contribution in [-0.4, -0.2) is 49.0 Å². The Hall–Kier alpha value is -1.97. The Kier molecular flexibility index (Phi) is 2.33. The first kappa shape index (κ1) is 11.1. The number of ether oxygens (including phenoxy) is 1. The van der Waals surface area contributed by atoms with E-state index in [-0.39, 0.29) is 29.5 Å². The largest absolute Gasteiger partial charge is 0.388 e. The van der Waals surface area contributed by atoms with Crippen molar-refractivity contribution in [3.63, 3.8) is 0 Å². The van der Waals surface area contributed by atoms with Crippen molar-refractivity contribution in [2.45, 2.75) is 18.3 Å². The van der Waals surface area contributed by atoms with Gasteiger partial charge in [-0.3, -0.25) is 9.78 Å². The molecular weight excluding hydrogens is 242 g/mol. The molecule has 1 fully saturated rings. The summed E-state index contributed by atoms with van der Waals surface area (Å²) < 4.78 is 5.20. The highest BCUT2D eigenvalue weighted by Crippen LogP contribution is 2.28. The van der Waals surface area contributed by atoms with Gasteiger partial charge >= 0.3 is 0 Å². The van der Waals surface area contributed by atoms with Crippen molar-refractivity contribution in [1.82, 2.24) is 19.9 Å². The van der Waals surface area contributed by atoms with Gasteiger partial charge < -0.3 is 25.7 Å². The molecule has 3 rings (SSSR count). The molecule has 1 saturated heterocycles. The van der Waals surface area contributed by atoms with E-state index in [9.17, 15) is 15.0 Å². The number of nitrogens with one attached hydrogen (secondary N) is 2. The predicted octanol–water partition coefficient (Wildman–Crippen LogP) is -1.98. The summed E-state index contributed by atoms with van der Waals surface area (Å²) in [6.45, 7) is 0.00873. The highest BCUT2D eigenvalue weighted by molar-refractivity contribution is 5.70. The van der Waals surface area contributed by atoms with Gasteiger partial charge in [-0.15, -0.1) is 0 Å². The van der Waals surface area contributed by atoms with Gasteiger partial charge in [-0.25, -0.2) is 4.98 Å². The van der Waals surface area contributed by atoms with E-state index in [0.29, 0.717) is 0 Å². The summed E-state index contributed by atoms with van der Waals surface area (Å²) >= 11 is 0. The molecule has 0 amide bonds. The minimum atomic E-state index is -1.10. The normalized spacial score (nSPS) is 28.0. The first-order valence-electron chi connectivity index (χ1n) is 5.29. The Balaban J connectivity index is 2.09. The second-order valence-electron chi connectivity index (χ2n) is 4.08. The smallest absolute Gasteiger partial charge is 0.278 e. The minimum absolute atomic E-state index is 0.00873. The Labute approximate surface area is 99.6 Å². The van der Waals surface area contributed by atoms with Crippen LogP contribution in [0.25, 0.3) is 11.2 Å². The molecule has 3 atom stereocenters. The van der Waals surface area contributed by atoms with Gasteiger partial charge in [0.05, 0.1) is 6.61 Å². The van der Waals surface area contributed by atoms with Crippen molar-refractivity contribution >= 4 is 17.1 Å². The lowest BCUT2D eigenvalue weighted by Crippen LogP contribution is -2.25. The summed E-state index contributed by atoms with van der Waals surface area (Å²) in [5, 5.41) is 19.1. The third-order valence-corrected chi connectivity index (χ3v) is 2.82. The summed E-state index contributed by atoms with van der Waals surface area (Å²) in [4.78, 5) is 24.5. The lowest BCUT2D eigenvalue weighted by Gasteiger charge is -2.11. The zero-order valence-electron chi connectivity index (χ0n) is 9.12. The van der Waals surface area contributed by atoms with Crippen molar-refractivity contribution in [2.75, 3.05) is 12.3 Å². The standard InChI is InChI=1S/C9H11N5O4/c10-9-13-6-3(8(17)14-9)11-7(12-6)5-4(16)2(15)1-18-5/h2,4-5,15-16H,1H2,(H4,10,11,12,13,14,17)/t2-,4-,5-/m0/s1. The van der Waals surface area contributed by atoms with Crippen LogP contribution in [0.2, 0.25) is 0 Å². The van der Waals surface area contributed by atoms with Gasteiger partial charge in [-0.1, -0.05) is 0 Å². The molecule has 9 heteroatoms. The zero-order valence-corrected chi connectivity index (χ0v) is 9.12. The predicted molar refractivity (Wildman–Crippen MR) is 59.6 cm³/mol. The number of aliphatic hydroxyl groups excluding tert-OH is 2. The third kappa shape index (κ3) is 1.56. The van der Waals surface area contributed by atoms with E-state index in [2.05, 4.69) is 19.9 Å². The lowest BCUT2D eigenvalue weighted by molar-refractivity contribution is 0.0188. The number of hydrogen-bond donors (Lipinski definition) is 5. The molecule has 1 aliphatic rings. The monoisotopic (exact) mass is 253 g/mol. The Morgan fingerprint density at radius 3 is 2.78 bits per heavy atom. The van der Waals surface area contributed by atoms with E-state index in [4.69, 9.17) is 10.5 Å². The van der Waals surface area contributed by atoms with E-state index in [1.54, 1.807) is 0 Å². The van der Waals surface area contributed by atoms with Gasteiger partial charge in [0.25, 0.3) is 5.56 Å². The molecular formula is C9H11N5O4. The van der Waals surface area contributed by atoms with Gasteiger partial charge in [-0.05, 0) is 0 Å². The molecule has 0 saturated carbocycles. The lowest BCUT2D eigenvalue weighted by atomic mass is 10.1. The summed E-state index contributed by atoms with van der Waals surface area (Å²) in [5.41, 5.74) is 5.23. The second-order valence-corrected chi connectivity index (χ2v) is 4.08. The first-order chi connectivity index (χ1) is 8.56. The number of aromatic nitrogens is 4. The van der Waals surface area contributed by atoms with E-state index in [0.717, 1.165) is 0 Å². The topological polar surface area (TPSA) is 150 Å². The zero-order chi connectivity index (χ0) is 12.9. The maximum atomic E-state index is 11.6. The molecule has 0 spiro atoms. The Bertz CT molecular complexity index is 650. The number of fused-ring (bicyclic) bond motifs is 1. The molecule has 0 radical (unpaired) electrons. The van der Waals surface area contributed by atoms with E-state index in [1.165, 1.54) is 0 Å². The molecule has 2 aromatic heterocycles. The highest BCUT2D eigenvalue weighted by Gasteiger charge is 2.37. The minimum Gasteiger partial charge on any atom is -0.388 e. The van der Waals surface area contributed by atoms with Crippen LogP contribution in [0.5, 0.6) is 0 Å². The number of rotatable bonds is 1. The Morgan fingerprint density at radius 2 is 2.11 bits per heavy atom. The van der Waals surface area contributed by atoms with Crippen molar-refractivity contribution in [2.24, 2.45) is 0 Å². The molecule has 0 bridgehead atoms. The second kappa shape index (κ2) is 3.77. The van der Waals surface area contributed by atoms with E-state index >= 15 is 0 Å². The fourth-order valence-corrected chi connectivity index (χ4v) is 1.92. The number of hydrogen-bond acceptors (Lipinski definition) is 7. The number of nitrogens with two attached hydrogens (primary N) is 1. The number of anilines is 1. The van der Waals surface area contributed by atoms with Crippen LogP contribution in [0.4, 0.5) is 5.95 Å². The number of aliphatic hydroxyl groups is 2. The fraction of sp³-hybridized carbons (Fsp3) is 0.444. The molecule has 9 nitrogen and oxygen atoms in total. The molecule has 0 unspecified atom stereocenters. The molecule has 1 aliphatic heterocycles. The van der Waals surface area contributed by atoms with Crippen LogP contribution in [0.3, 0.4) is 0 Å². The number of nitrogens with zero attached hydrogens (tertiary/aromatic N) is 2. The molecule has 0 aliphatic carbocycles. The van der Waals surface area contributed by atoms with Crippen LogP contribution in [0.15, 0.2) is 4.79 Å². The van der Waals surface area contributed by atoms with Gasteiger partial charge in [0.2, 0.25) is 5.95 Å². The molecule has 2 aromatic rings. The molecule has 18 heavy (non-hydrogen) atoms. The molecule has 0 aromatic carbocycles. The van der Waals surface area contributed by atoms with Gasteiger partial charge in [0.1, 0.15) is 24.1 Å². The number of H-pyrrole nitrogens is 2. The summed E-state index contributed by atoms with van der Waals surface area (Å²) in [6, 6.07) is 0. The number of aromatic amines is 2. The van der Waals surface area contributed by atoms with E-state index < -0.39 is 23.9 Å². The maximum Gasteiger partial charge on any atom is 0.278 e. The van der Waals surface area contributed by atoms with Gasteiger partial charge in [0.15, 0.2) is 11.2 Å². The summed E-state index contributed by atoms with van der Waals surface area (Å²) in [7, 11) is 0. The first-order valence-corrected chi connectivity index (χ1v) is 5.29. The van der Waals surface area contributed by atoms with Crippen LogP contribution in [0.1, 0.15) is 11.9 Å². The number of nitrogen functional groups attached to an aromatic ring is 1. The van der Waals surface area contributed by atoms with Crippen LogP contribution in [0, 0.1) is 0 Å². The van der Waals surface area contributed by atoms with Crippen molar-refractivity contribution in [1.29, 1.82) is 0 Å². The molecule has 6 N–H and O–H groups in total. The average Bonchev–Trinajstić information content (AvgIpc) is 2.84. The van der Waals surface area contributed by atoms with Crippen molar-refractivity contribution < 1.29 is 14.9 Å². The fourth-order valence-electron chi connectivity index (χ4n) is 1.92. The molecule has 96 valence electrons.